The van der Waals surface area contributed by atoms with Gasteiger partial charge in [0.05, 0.1) is 21.0 Å². The number of hydrogen-bond acceptors (Lipinski definition) is 7. The van der Waals surface area contributed by atoms with Gasteiger partial charge in [0, 0.05) is 18.8 Å². The molecule has 5 N–H and O–H groups in total. The number of carboxylic acids is 1. The van der Waals surface area contributed by atoms with Crippen molar-refractivity contribution >= 4 is 46.4 Å². The molecular weight excluding hydrogens is 499 g/mol. The van der Waals surface area contributed by atoms with Crippen LogP contribution < -0.4 is 16.4 Å². The maximum absolute atomic E-state index is 12.7. The lowest BCUT2D eigenvalue weighted by Crippen LogP contribution is -2.31. The van der Waals surface area contributed by atoms with E-state index in [4.69, 9.17) is 27.2 Å². The Bertz CT molecular complexity index is 1090. The second-order valence-corrected chi connectivity index (χ2v) is 8.37. The third-order valence-corrected chi connectivity index (χ3v) is 5.60. The number of nitrogens with one attached hydrogen (secondary N) is 2. The van der Waals surface area contributed by atoms with E-state index in [1.165, 1.54) is 23.7 Å². The quantitative estimate of drug-likeness (QED) is 0.276. The van der Waals surface area contributed by atoms with Crippen LogP contribution in [0.4, 0.5) is 23.7 Å². The van der Waals surface area contributed by atoms with Gasteiger partial charge in [0.25, 0.3) is 0 Å². The van der Waals surface area contributed by atoms with Gasteiger partial charge in [0.15, 0.2) is 5.78 Å². The number of halogens is 4. The van der Waals surface area contributed by atoms with Crippen molar-refractivity contribution in [3.8, 4) is 11.8 Å². The summed E-state index contributed by atoms with van der Waals surface area (Å²) in [5, 5.41) is 13.1. The average Bonchev–Trinajstić information content (AvgIpc) is 3.16. The second-order valence-electron chi connectivity index (χ2n) is 6.98. The Labute approximate surface area is 200 Å². The number of piperidine rings is 1. The zero-order valence-electron chi connectivity index (χ0n) is 17.4. The lowest BCUT2D eigenvalue weighted by atomic mass is 9.93. The average molecular weight is 518 g/mol. The van der Waals surface area contributed by atoms with Gasteiger partial charge in [-0.25, -0.2) is 19.6 Å². The van der Waals surface area contributed by atoms with Gasteiger partial charge in [-0.05, 0) is 49.5 Å². The Morgan fingerprint density at radius 3 is 2.47 bits per heavy atom. The zero-order chi connectivity index (χ0) is 25.3. The Morgan fingerprint density at radius 2 is 1.94 bits per heavy atom. The molecule has 1 atom stereocenters. The van der Waals surface area contributed by atoms with Crippen LogP contribution in [0.2, 0.25) is 5.28 Å². The number of amides is 2. The standard InChI is InChI=1S/C18H18ClN5O2S.C2HF3O2/c19-17-22-9-12(10-23-17)3-4-13-7-14(24-18(20)26)16(27-13)15(25)6-11-2-1-5-21-8-11;3-2(4,5)1(6)7/h7,9-11,21H,1-2,5-6,8H2,(H3,20,24,26);(H,6,7)/t11-;/m1./s1. The Balaban J connectivity index is 0.000000509. The van der Waals surface area contributed by atoms with Gasteiger partial charge in [-0.15, -0.1) is 11.3 Å². The highest BCUT2D eigenvalue weighted by Crippen LogP contribution is 2.30. The summed E-state index contributed by atoms with van der Waals surface area (Å²) in [6, 6.07) is 0.942. The third kappa shape index (κ3) is 8.97. The van der Waals surface area contributed by atoms with Gasteiger partial charge in [-0.2, -0.15) is 13.2 Å². The molecule has 0 bridgehead atoms. The van der Waals surface area contributed by atoms with Crippen LogP contribution >= 0.6 is 22.9 Å². The van der Waals surface area contributed by atoms with Crippen molar-refractivity contribution in [2.45, 2.75) is 25.4 Å². The van der Waals surface area contributed by atoms with E-state index < -0.39 is 18.2 Å². The Kier molecular flexibility index (Phi) is 9.79. The monoisotopic (exact) mass is 517 g/mol. The molecule has 0 aromatic carbocycles. The van der Waals surface area contributed by atoms with Gasteiger partial charge in [0.1, 0.15) is 0 Å². The summed E-state index contributed by atoms with van der Waals surface area (Å²) >= 11 is 6.89. The molecule has 1 aliphatic rings. The number of Topliss-reactive ketones (excluding diaryl/α,β-unsaturated/α-hetero) is 1. The molecule has 3 heterocycles. The predicted octanol–water partition coefficient (Wildman–Crippen LogP) is 3.29. The van der Waals surface area contributed by atoms with Gasteiger partial charge < -0.3 is 21.5 Å². The van der Waals surface area contributed by atoms with Crippen LogP contribution in [-0.2, 0) is 4.79 Å². The van der Waals surface area contributed by atoms with E-state index in [-0.39, 0.29) is 11.1 Å². The van der Waals surface area contributed by atoms with Crippen LogP contribution in [0.1, 0.15) is 39.4 Å². The minimum atomic E-state index is -5.08. The van der Waals surface area contributed by atoms with Gasteiger partial charge >= 0.3 is 18.2 Å². The molecule has 9 nitrogen and oxygen atoms in total. The summed E-state index contributed by atoms with van der Waals surface area (Å²) < 4.78 is 31.7. The normalized spacial score (nSPS) is 15.2. The van der Waals surface area contributed by atoms with Crippen molar-refractivity contribution in [1.29, 1.82) is 0 Å². The van der Waals surface area contributed by atoms with Crippen molar-refractivity contribution in [2.24, 2.45) is 11.7 Å². The fourth-order valence-corrected chi connectivity index (χ4v) is 3.86. The number of alkyl halides is 3. The van der Waals surface area contributed by atoms with Crippen LogP contribution in [0.3, 0.4) is 0 Å². The van der Waals surface area contributed by atoms with Crippen LogP contribution in [-0.4, -0.2) is 52.1 Å². The molecule has 0 spiro atoms. The maximum atomic E-state index is 12.7. The van der Waals surface area contributed by atoms with E-state index in [9.17, 15) is 22.8 Å². The maximum Gasteiger partial charge on any atom is 0.490 e. The largest absolute Gasteiger partial charge is 0.490 e. The molecule has 1 saturated heterocycles. The number of aliphatic carboxylic acids is 1. The molecule has 14 heteroatoms. The minimum absolute atomic E-state index is 0.0136. The summed E-state index contributed by atoms with van der Waals surface area (Å²) in [5.41, 5.74) is 6.23. The van der Waals surface area contributed by atoms with Crippen LogP contribution in [0, 0.1) is 17.8 Å². The SMILES string of the molecule is NC(=O)Nc1cc(C#Cc2cnc(Cl)nc2)sc1C(=O)C[C@H]1CCCNC1.O=C(O)C(F)(F)F. The van der Waals surface area contributed by atoms with E-state index in [1.54, 1.807) is 6.07 Å². The molecule has 0 saturated carbocycles. The fourth-order valence-electron chi connectivity index (χ4n) is 2.85. The number of thiophene rings is 1. The molecule has 182 valence electrons. The van der Waals surface area contributed by atoms with Crippen LogP contribution in [0.15, 0.2) is 18.5 Å². The molecule has 1 fully saturated rings. The van der Waals surface area contributed by atoms with E-state index in [0.29, 0.717) is 33.3 Å². The van der Waals surface area contributed by atoms with Crippen molar-refractivity contribution in [1.82, 2.24) is 15.3 Å². The molecule has 2 amide bonds. The number of carbonyl (C=O) groups excluding carboxylic acids is 2. The first-order valence-corrected chi connectivity index (χ1v) is 10.9. The molecule has 0 aliphatic carbocycles. The summed E-state index contributed by atoms with van der Waals surface area (Å²) in [5.74, 6) is 3.41. The van der Waals surface area contributed by atoms with E-state index >= 15 is 0 Å². The van der Waals surface area contributed by atoms with Crippen molar-refractivity contribution in [3.05, 3.63) is 39.1 Å². The highest BCUT2D eigenvalue weighted by atomic mass is 35.5. The number of anilines is 1. The van der Waals surface area contributed by atoms with Gasteiger partial charge in [-0.1, -0.05) is 11.8 Å². The molecule has 2 aromatic rings. The third-order valence-electron chi connectivity index (χ3n) is 4.31. The lowest BCUT2D eigenvalue weighted by Gasteiger charge is -2.21. The summed E-state index contributed by atoms with van der Waals surface area (Å²) in [4.78, 5) is 41.8. The van der Waals surface area contributed by atoms with Gasteiger partial charge in [-0.3, -0.25) is 4.79 Å². The van der Waals surface area contributed by atoms with Crippen LogP contribution in [0.5, 0.6) is 0 Å². The first kappa shape index (κ1) is 27.0. The summed E-state index contributed by atoms with van der Waals surface area (Å²) in [6.45, 7) is 1.82. The van der Waals surface area contributed by atoms with E-state index in [2.05, 4.69) is 32.4 Å². The first-order valence-electron chi connectivity index (χ1n) is 9.69. The molecule has 0 radical (unpaired) electrons. The highest BCUT2D eigenvalue weighted by molar-refractivity contribution is 7.15. The Morgan fingerprint density at radius 1 is 1.29 bits per heavy atom. The number of hydrogen-bond donors (Lipinski definition) is 4. The topological polar surface area (TPSA) is 147 Å². The molecule has 2 aromatic heterocycles. The van der Waals surface area contributed by atoms with E-state index in [0.717, 1.165) is 25.9 Å². The minimum Gasteiger partial charge on any atom is -0.475 e. The number of nitrogens with two attached hydrogens (primary N) is 1. The number of aromatic nitrogens is 2. The zero-order valence-corrected chi connectivity index (χ0v) is 19.0. The smallest absolute Gasteiger partial charge is 0.475 e. The number of primary amides is 1. The number of carboxylic acid groups (broad SMARTS) is 1. The molecular formula is C20H19ClF3N5O4S. The number of urea groups is 1. The first-order chi connectivity index (χ1) is 16.0. The number of nitrogens with zero attached hydrogens (tertiary/aromatic N) is 2. The van der Waals surface area contributed by atoms with Crippen molar-refractivity contribution in [3.63, 3.8) is 0 Å². The molecule has 1 aliphatic heterocycles. The highest BCUT2D eigenvalue weighted by Gasteiger charge is 2.38. The van der Waals surface area contributed by atoms with Gasteiger partial charge in [0.2, 0.25) is 5.28 Å². The number of carbonyl (C=O) groups is 3. The number of ketones is 1. The summed E-state index contributed by atoms with van der Waals surface area (Å²) in [7, 11) is 0. The molecule has 34 heavy (non-hydrogen) atoms. The second kappa shape index (κ2) is 12.3. The summed E-state index contributed by atoms with van der Waals surface area (Å²) in [6.07, 6.45) is 0.459. The number of rotatable bonds is 4. The van der Waals surface area contributed by atoms with Crippen molar-refractivity contribution < 1.29 is 32.7 Å². The fraction of sp³-hybridized carbons (Fsp3) is 0.350. The molecule has 0 unspecified atom stereocenters. The predicted molar refractivity (Wildman–Crippen MR) is 119 cm³/mol. The van der Waals surface area contributed by atoms with Crippen molar-refractivity contribution in [2.75, 3.05) is 18.4 Å². The van der Waals surface area contributed by atoms with Crippen LogP contribution in [0.25, 0.3) is 0 Å². The Hall–Kier alpha value is -3.21. The lowest BCUT2D eigenvalue weighted by molar-refractivity contribution is -0.192. The van der Waals surface area contributed by atoms with E-state index in [1.807, 2.05) is 0 Å². The molecule has 3 rings (SSSR count).